The maximum atomic E-state index is 9.77. The molecule has 1 heterocycles. The summed E-state index contributed by atoms with van der Waals surface area (Å²) in [6, 6.07) is 8.07. The summed E-state index contributed by atoms with van der Waals surface area (Å²) < 4.78 is 1.86. The number of aryl methyl sites for hydroxylation is 1. The highest BCUT2D eigenvalue weighted by Gasteiger charge is 2.31. The molecule has 0 unspecified atom stereocenters. The lowest BCUT2D eigenvalue weighted by molar-refractivity contribution is 0.0363. The van der Waals surface area contributed by atoms with Crippen molar-refractivity contribution < 1.29 is 10.2 Å². The van der Waals surface area contributed by atoms with E-state index in [-0.39, 0.29) is 13.2 Å². The molecule has 0 aliphatic heterocycles. The van der Waals surface area contributed by atoms with E-state index in [0.29, 0.717) is 12.3 Å². The molecule has 0 fully saturated rings. The van der Waals surface area contributed by atoms with Crippen molar-refractivity contribution in [3.8, 4) is 0 Å². The molecule has 0 spiro atoms. The number of hydrogen-bond acceptors (Lipinski definition) is 3. The van der Waals surface area contributed by atoms with Crippen molar-refractivity contribution in [2.24, 2.45) is 18.4 Å². The molecule has 0 atom stereocenters. The normalized spacial score (nSPS) is 12.5. The third kappa shape index (κ3) is 2.86. The van der Waals surface area contributed by atoms with Crippen LogP contribution in [0.25, 0.3) is 10.9 Å². The second-order valence-corrected chi connectivity index (χ2v) is 6.18. The molecule has 4 heteroatoms. The predicted molar refractivity (Wildman–Crippen MR) is 80.5 cm³/mol. The summed E-state index contributed by atoms with van der Waals surface area (Å²) >= 11 is 0. The zero-order chi connectivity index (χ0) is 14.8. The Morgan fingerprint density at radius 2 is 1.85 bits per heavy atom. The lowest BCUT2D eigenvalue weighted by Crippen LogP contribution is -2.34. The van der Waals surface area contributed by atoms with E-state index in [1.54, 1.807) is 0 Å². The second-order valence-electron chi connectivity index (χ2n) is 6.18. The first kappa shape index (κ1) is 15.0. The van der Waals surface area contributed by atoms with E-state index < -0.39 is 5.41 Å². The van der Waals surface area contributed by atoms with Crippen LogP contribution in [0.3, 0.4) is 0 Å². The van der Waals surface area contributed by atoms with Crippen LogP contribution < -0.4 is 0 Å². The summed E-state index contributed by atoms with van der Waals surface area (Å²) in [6.45, 7) is 4.17. The number of nitrogens with zero attached hydrogens (tertiary/aromatic N) is 2. The highest BCUT2D eigenvalue weighted by atomic mass is 16.3. The summed E-state index contributed by atoms with van der Waals surface area (Å²) in [7, 11) is 1.92. The zero-order valence-electron chi connectivity index (χ0n) is 12.5. The average Bonchev–Trinajstić information content (AvgIpc) is 2.74. The first-order chi connectivity index (χ1) is 9.51. The lowest BCUT2D eigenvalue weighted by Gasteiger charge is -2.31. The van der Waals surface area contributed by atoms with Crippen molar-refractivity contribution >= 4 is 10.9 Å². The zero-order valence-corrected chi connectivity index (χ0v) is 12.5. The summed E-state index contributed by atoms with van der Waals surface area (Å²) in [6.07, 6.45) is 1.38. The number of fused-ring (bicyclic) bond motifs is 1. The van der Waals surface area contributed by atoms with Crippen molar-refractivity contribution in [2.45, 2.75) is 26.7 Å². The Balaban J connectivity index is 2.38. The molecule has 0 radical (unpaired) electrons. The number of para-hydroxylation sites is 1. The van der Waals surface area contributed by atoms with Gasteiger partial charge >= 0.3 is 0 Å². The summed E-state index contributed by atoms with van der Waals surface area (Å²) in [5.41, 5.74) is 1.54. The van der Waals surface area contributed by atoms with Gasteiger partial charge in [0, 0.05) is 24.3 Å². The van der Waals surface area contributed by atoms with Crippen LogP contribution in [0.15, 0.2) is 24.3 Å². The second kappa shape index (κ2) is 5.94. The molecule has 2 aromatic rings. The highest BCUT2D eigenvalue weighted by molar-refractivity contribution is 5.81. The minimum atomic E-state index is -0.495. The molecular weight excluding hydrogens is 252 g/mol. The number of benzene rings is 1. The van der Waals surface area contributed by atoms with Crippen molar-refractivity contribution in [3.05, 3.63) is 30.0 Å². The third-order valence-corrected chi connectivity index (χ3v) is 3.89. The third-order valence-electron chi connectivity index (χ3n) is 3.89. The molecule has 2 rings (SSSR count). The van der Waals surface area contributed by atoms with Gasteiger partial charge in [0.05, 0.1) is 24.4 Å². The fourth-order valence-corrected chi connectivity index (χ4v) is 3.00. The summed E-state index contributed by atoms with van der Waals surface area (Å²) in [5.74, 6) is 0.421. The van der Waals surface area contributed by atoms with Crippen molar-refractivity contribution in [1.82, 2.24) is 9.78 Å². The maximum absolute atomic E-state index is 9.77. The number of aliphatic hydroxyl groups is 2. The van der Waals surface area contributed by atoms with Crippen LogP contribution in [0.2, 0.25) is 0 Å². The Bertz CT molecular complexity index is 571. The van der Waals surface area contributed by atoms with Gasteiger partial charge in [-0.1, -0.05) is 32.0 Å². The van der Waals surface area contributed by atoms with Gasteiger partial charge in [0.15, 0.2) is 0 Å². The minimum Gasteiger partial charge on any atom is -0.396 e. The van der Waals surface area contributed by atoms with Gasteiger partial charge in [0.1, 0.15) is 0 Å². The van der Waals surface area contributed by atoms with Crippen LogP contribution in [0.1, 0.15) is 26.0 Å². The molecule has 4 nitrogen and oxygen atoms in total. The molecule has 0 aliphatic rings. The molecule has 0 bridgehead atoms. The topological polar surface area (TPSA) is 58.3 Å². The molecule has 110 valence electrons. The van der Waals surface area contributed by atoms with Gasteiger partial charge in [-0.05, 0) is 18.4 Å². The quantitative estimate of drug-likeness (QED) is 0.850. The monoisotopic (exact) mass is 276 g/mol. The van der Waals surface area contributed by atoms with Crippen molar-refractivity contribution in [2.75, 3.05) is 13.2 Å². The van der Waals surface area contributed by atoms with Gasteiger partial charge in [-0.25, -0.2) is 0 Å². The molecule has 1 aromatic heterocycles. The molecule has 2 N–H and O–H groups in total. The van der Waals surface area contributed by atoms with Gasteiger partial charge in [-0.3, -0.25) is 4.68 Å². The van der Waals surface area contributed by atoms with Gasteiger partial charge in [-0.15, -0.1) is 0 Å². The lowest BCUT2D eigenvalue weighted by atomic mass is 9.77. The molecule has 1 aromatic carbocycles. The fourth-order valence-electron chi connectivity index (χ4n) is 3.00. The van der Waals surface area contributed by atoms with E-state index in [0.717, 1.165) is 23.0 Å². The standard InChI is InChI=1S/C16H24N2O2/c1-12(2)8-16(10-19,11-20)9-14-13-6-4-5-7-15(13)18(3)17-14/h4-7,12,19-20H,8-11H2,1-3H3. The van der Waals surface area contributed by atoms with E-state index >= 15 is 0 Å². The van der Waals surface area contributed by atoms with Crippen LogP contribution in [-0.4, -0.2) is 33.2 Å². The fraction of sp³-hybridized carbons (Fsp3) is 0.562. The first-order valence-corrected chi connectivity index (χ1v) is 7.13. The Hall–Kier alpha value is -1.39. The van der Waals surface area contributed by atoms with E-state index in [1.165, 1.54) is 0 Å². The smallest absolute Gasteiger partial charge is 0.0710 e. The molecule has 0 amide bonds. The molecule has 20 heavy (non-hydrogen) atoms. The largest absolute Gasteiger partial charge is 0.396 e. The number of rotatable bonds is 6. The van der Waals surface area contributed by atoms with Gasteiger partial charge in [-0.2, -0.15) is 5.10 Å². The minimum absolute atomic E-state index is 0.0212. The predicted octanol–water partition coefficient (Wildman–Crippen LogP) is 2.13. The van der Waals surface area contributed by atoms with Crippen molar-refractivity contribution in [3.63, 3.8) is 0 Å². The van der Waals surface area contributed by atoms with Gasteiger partial charge in [0.2, 0.25) is 0 Å². The Morgan fingerprint density at radius 1 is 1.20 bits per heavy atom. The van der Waals surface area contributed by atoms with Crippen molar-refractivity contribution in [1.29, 1.82) is 0 Å². The summed E-state index contributed by atoms with van der Waals surface area (Å²) in [5, 5.41) is 25.2. The van der Waals surface area contributed by atoms with Gasteiger partial charge < -0.3 is 10.2 Å². The van der Waals surface area contributed by atoms with Crippen LogP contribution in [0.4, 0.5) is 0 Å². The molecular formula is C16H24N2O2. The van der Waals surface area contributed by atoms with Crippen LogP contribution in [0, 0.1) is 11.3 Å². The van der Waals surface area contributed by atoms with Crippen LogP contribution >= 0.6 is 0 Å². The van der Waals surface area contributed by atoms with E-state index in [1.807, 2.05) is 36.0 Å². The average molecular weight is 276 g/mol. The molecule has 0 saturated carbocycles. The maximum Gasteiger partial charge on any atom is 0.0710 e. The molecule has 0 aliphatic carbocycles. The summed E-state index contributed by atoms with van der Waals surface area (Å²) in [4.78, 5) is 0. The first-order valence-electron chi connectivity index (χ1n) is 7.13. The van der Waals surface area contributed by atoms with E-state index in [4.69, 9.17) is 0 Å². The molecule has 0 saturated heterocycles. The van der Waals surface area contributed by atoms with E-state index in [9.17, 15) is 10.2 Å². The highest BCUT2D eigenvalue weighted by Crippen LogP contribution is 2.32. The number of aromatic nitrogens is 2. The number of hydrogen-bond donors (Lipinski definition) is 2. The SMILES string of the molecule is CC(C)CC(CO)(CO)Cc1nn(C)c2ccccc12. The van der Waals surface area contributed by atoms with E-state index in [2.05, 4.69) is 18.9 Å². The van der Waals surface area contributed by atoms with Crippen LogP contribution in [-0.2, 0) is 13.5 Å². The Kier molecular flexibility index (Phi) is 4.45. The van der Waals surface area contributed by atoms with Crippen LogP contribution in [0.5, 0.6) is 0 Å². The Morgan fingerprint density at radius 3 is 2.45 bits per heavy atom. The Labute approximate surface area is 120 Å². The van der Waals surface area contributed by atoms with Gasteiger partial charge in [0.25, 0.3) is 0 Å². The number of aliphatic hydroxyl groups excluding tert-OH is 2.